The topological polar surface area (TPSA) is 58.4 Å². The molecule has 1 amide bonds. The highest BCUT2D eigenvalue weighted by Crippen LogP contribution is 2.32. The summed E-state index contributed by atoms with van der Waals surface area (Å²) < 4.78 is 1.13. The lowest BCUT2D eigenvalue weighted by Gasteiger charge is -2.20. The highest BCUT2D eigenvalue weighted by molar-refractivity contribution is 7.21. The number of benzene rings is 1. The third kappa shape index (κ3) is 3.00. The molecule has 0 atom stereocenters. The zero-order valence-corrected chi connectivity index (χ0v) is 12.8. The van der Waals surface area contributed by atoms with Crippen molar-refractivity contribution in [2.24, 2.45) is 5.84 Å². The van der Waals surface area contributed by atoms with Crippen molar-refractivity contribution >= 4 is 27.3 Å². The summed E-state index contributed by atoms with van der Waals surface area (Å²) in [6.45, 7) is 7.11. The lowest BCUT2D eigenvalue weighted by atomic mass is 10.1. The SMILES string of the molecule is CCCN(CC)Cc1c(C(=O)NN)sc2ccccc12. The van der Waals surface area contributed by atoms with E-state index in [1.165, 1.54) is 11.3 Å². The maximum absolute atomic E-state index is 12.0. The van der Waals surface area contributed by atoms with E-state index in [0.717, 1.165) is 46.6 Å². The number of hydrazine groups is 1. The van der Waals surface area contributed by atoms with Gasteiger partial charge in [0, 0.05) is 11.2 Å². The highest BCUT2D eigenvalue weighted by atomic mass is 32.1. The fourth-order valence-electron chi connectivity index (χ4n) is 2.39. The number of hydrogen-bond acceptors (Lipinski definition) is 4. The van der Waals surface area contributed by atoms with Crippen LogP contribution in [0.2, 0.25) is 0 Å². The van der Waals surface area contributed by atoms with Crippen molar-refractivity contribution in [1.29, 1.82) is 0 Å². The number of hydrogen-bond donors (Lipinski definition) is 2. The minimum atomic E-state index is -0.200. The molecule has 0 aliphatic carbocycles. The van der Waals surface area contributed by atoms with Crippen LogP contribution in [0.3, 0.4) is 0 Å². The number of fused-ring (bicyclic) bond motifs is 1. The van der Waals surface area contributed by atoms with E-state index in [1.54, 1.807) is 0 Å². The summed E-state index contributed by atoms with van der Waals surface area (Å²) >= 11 is 1.51. The fourth-order valence-corrected chi connectivity index (χ4v) is 3.51. The normalized spacial score (nSPS) is 11.2. The number of nitrogens with one attached hydrogen (secondary N) is 1. The highest BCUT2D eigenvalue weighted by Gasteiger charge is 2.19. The summed E-state index contributed by atoms with van der Waals surface area (Å²) in [5, 5.41) is 1.16. The summed E-state index contributed by atoms with van der Waals surface area (Å²) in [5.41, 5.74) is 3.35. The Hall–Kier alpha value is -1.43. The molecule has 0 aliphatic rings. The molecule has 20 heavy (non-hydrogen) atoms. The summed E-state index contributed by atoms with van der Waals surface area (Å²) in [7, 11) is 0. The van der Waals surface area contributed by atoms with Gasteiger partial charge in [-0.05, 0) is 36.5 Å². The van der Waals surface area contributed by atoms with Crippen molar-refractivity contribution in [3.63, 3.8) is 0 Å². The smallest absolute Gasteiger partial charge is 0.275 e. The molecule has 0 radical (unpaired) electrons. The van der Waals surface area contributed by atoms with Crippen LogP contribution in [0.4, 0.5) is 0 Å². The first-order valence-corrected chi connectivity index (χ1v) is 7.76. The van der Waals surface area contributed by atoms with Gasteiger partial charge in [0.2, 0.25) is 0 Å². The standard InChI is InChI=1S/C15H21N3OS/c1-3-9-18(4-2)10-12-11-7-5-6-8-13(11)20-14(12)15(19)17-16/h5-8H,3-4,9-10,16H2,1-2H3,(H,17,19). The van der Waals surface area contributed by atoms with Gasteiger partial charge >= 0.3 is 0 Å². The van der Waals surface area contributed by atoms with Crippen molar-refractivity contribution in [2.45, 2.75) is 26.8 Å². The molecule has 0 fully saturated rings. The molecule has 0 saturated heterocycles. The van der Waals surface area contributed by atoms with E-state index in [4.69, 9.17) is 5.84 Å². The van der Waals surface area contributed by atoms with Gasteiger partial charge in [0.15, 0.2) is 0 Å². The number of rotatable bonds is 6. The van der Waals surface area contributed by atoms with Gasteiger partial charge < -0.3 is 0 Å². The van der Waals surface area contributed by atoms with E-state index in [-0.39, 0.29) is 5.91 Å². The number of carbonyl (C=O) groups is 1. The van der Waals surface area contributed by atoms with E-state index in [1.807, 2.05) is 18.2 Å². The zero-order valence-electron chi connectivity index (χ0n) is 12.0. The molecule has 5 heteroatoms. The quantitative estimate of drug-likeness (QED) is 0.489. The number of nitrogens with zero attached hydrogens (tertiary/aromatic N) is 1. The first-order valence-electron chi connectivity index (χ1n) is 6.94. The molecule has 2 aromatic rings. The first kappa shape index (κ1) is 15.0. The molecule has 1 heterocycles. The van der Waals surface area contributed by atoms with Crippen LogP contribution in [0.5, 0.6) is 0 Å². The summed E-state index contributed by atoms with van der Waals surface area (Å²) in [6.07, 6.45) is 1.11. The van der Waals surface area contributed by atoms with Crippen LogP contribution in [-0.4, -0.2) is 23.9 Å². The van der Waals surface area contributed by atoms with E-state index in [0.29, 0.717) is 0 Å². The number of nitrogen functional groups attached to an aromatic ring is 1. The monoisotopic (exact) mass is 291 g/mol. The average molecular weight is 291 g/mol. The number of amides is 1. The molecule has 1 aromatic heterocycles. The Balaban J connectivity index is 2.45. The second-order valence-electron chi connectivity index (χ2n) is 4.75. The van der Waals surface area contributed by atoms with Crippen LogP contribution >= 0.6 is 11.3 Å². The molecule has 0 unspecified atom stereocenters. The van der Waals surface area contributed by atoms with Crippen LogP contribution in [0.25, 0.3) is 10.1 Å². The summed E-state index contributed by atoms with van der Waals surface area (Å²) in [4.78, 5) is 15.1. The van der Waals surface area contributed by atoms with Gasteiger partial charge in [0.1, 0.15) is 0 Å². The third-order valence-corrected chi connectivity index (χ3v) is 4.62. The zero-order chi connectivity index (χ0) is 14.5. The fraction of sp³-hybridized carbons (Fsp3) is 0.400. The summed E-state index contributed by atoms with van der Waals surface area (Å²) in [5.74, 6) is 5.11. The predicted octanol–water partition coefficient (Wildman–Crippen LogP) is 2.74. The Morgan fingerprint density at radius 2 is 2.10 bits per heavy atom. The largest absolute Gasteiger partial charge is 0.299 e. The third-order valence-electron chi connectivity index (χ3n) is 3.40. The van der Waals surface area contributed by atoms with Crippen molar-refractivity contribution in [3.05, 3.63) is 34.7 Å². The number of thiophene rings is 1. The second-order valence-corrected chi connectivity index (χ2v) is 5.80. The Labute approximate surface area is 123 Å². The van der Waals surface area contributed by atoms with Gasteiger partial charge in [-0.1, -0.05) is 32.0 Å². The van der Waals surface area contributed by atoms with Crippen LogP contribution in [0.1, 0.15) is 35.5 Å². The minimum Gasteiger partial charge on any atom is -0.299 e. The van der Waals surface area contributed by atoms with Crippen LogP contribution in [0.15, 0.2) is 24.3 Å². The molecular weight excluding hydrogens is 270 g/mol. The molecular formula is C15H21N3OS. The predicted molar refractivity (Wildman–Crippen MR) is 84.7 cm³/mol. The maximum atomic E-state index is 12.0. The van der Waals surface area contributed by atoms with E-state index < -0.39 is 0 Å². The second kappa shape index (κ2) is 6.83. The molecule has 3 N–H and O–H groups in total. The van der Waals surface area contributed by atoms with E-state index in [2.05, 4.69) is 30.2 Å². The van der Waals surface area contributed by atoms with Crippen LogP contribution in [0, 0.1) is 0 Å². The molecule has 4 nitrogen and oxygen atoms in total. The molecule has 0 saturated carbocycles. The maximum Gasteiger partial charge on any atom is 0.275 e. The molecule has 1 aromatic carbocycles. The van der Waals surface area contributed by atoms with E-state index in [9.17, 15) is 4.79 Å². The van der Waals surface area contributed by atoms with Crippen molar-refractivity contribution in [2.75, 3.05) is 13.1 Å². The van der Waals surface area contributed by atoms with Gasteiger partial charge in [0.05, 0.1) is 4.88 Å². The Morgan fingerprint density at radius 3 is 2.75 bits per heavy atom. The summed E-state index contributed by atoms with van der Waals surface area (Å²) in [6, 6.07) is 8.14. The molecule has 0 aliphatic heterocycles. The lowest BCUT2D eigenvalue weighted by Crippen LogP contribution is -2.31. The number of nitrogens with two attached hydrogens (primary N) is 1. The van der Waals surface area contributed by atoms with Gasteiger partial charge in [-0.2, -0.15) is 0 Å². The molecule has 2 rings (SSSR count). The van der Waals surface area contributed by atoms with Crippen molar-refractivity contribution in [1.82, 2.24) is 10.3 Å². The van der Waals surface area contributed by atoms with Crippen LogP contribution in [-0.2, 0) is 6.54 Å². The Morgan fingerprint density at radius 1 is 1.35 bits per heavy atom. The van der Waals surface area contributed by atoms with E-state index >= 15 is 0 Å². The van der Waals surface area contributed by atoms with Crippen molar-refractivity contribution in [3.8, 4) is 0 Å². The molecule has 108 valence electrons. The van der Waals surface area contributed by atoms with Gasteiger partial charge in [-0.3, -0.25) is 15.1 Å². The first-order chi connectivity index (χ1) is 9.71. The Kier molecular flexibility index (Phi) is 5.11. The van der Waals surface area contributed by atoms with Gasteiger partial charge in [-0.15, -0.1) is 11.3 Å². The number of carbonyl (C=O) groups excluding carboxylic acids is 1. The minimum absolute atomic E-state index is 0.200. The van der Waals surface area contributed by atoms with Gasteiger partial charge in [-0.25, -0.2) is 5.84 Å². The van der Waals surface area contributed by atoms with Crippen LogP contribution < -0.4 is 11.3 Å². The lowest BCUT2D eigenvalue weighted by molar-refractivity contribution is 0.0956. The molecule has 0 bridgehead atoms. The Bertz CT molecular complexity index is 594. The molecule has 0 spiro atoms. The van der Waals surface area contributed by atoms with Gasteiger partial charge in [0.25, 0.3) is 5.91 Å². The average Bonchev–Trinajstić information content (AvgIpc) is 2.84. The van der Waals surface area contributed by atoms with Crippen molar-refractivity contribution < 1.29 is 4.79 Å².